The Kier molecular flexibility index (Phi) is 10.2. The molecule has 0 radical (unpaired) electrons. The van der Waals surface area contributed by atoms with Crippen molar-refractivity contribution >= 4 is 44.6 Å². The van der Waals surface area contributed by atoms with Gasteiger partial charge in [-0.3, -0.25) is 4.79 Å². The zero-order valence-electron chi connectivity index (χ0n) is 22.1. The molecule has 218 valence electrons. The zero-order chi connectivity index (χ0) is 29.6. The minimum atomic E-state index is -4.82. The molecule has 0 bridgehead atoms. The number of aromatic nitrogens is 2. The number of hydrogen-bond donors (Lipinski definition) is 2. The van der Waals surface area contributed by atoms with Crippen LogP contribution in [0.25, 0.3) is 0 Å². The highest BCUT2D eigenvalue weighted by Crippen LogP contribution is 2.46. The second-order valence-corrected chi connectivity index (χ2v) is 12.6. The largest absolute Gasteiger partial charge is 0.467 e. The van der Waals surface area contributed by atoms with Crippen molar-refractivity contribution in [3.8, 4) is 0 Å². The predicted molar refractivity (Wildman–Crippen MR) is 147 cm³/mol. The van der Waals surface area contributed by atoms with E-state index in [1.165, 1.54) is 25.5 Å². The minimum Gasteiger partial charge on any atom is -0.467 e. The lowest BCUT2D eigenvalue weighted by Crippen LogP contribution is -2.51. The topological polar surface area (TPSA) is 127 Å². The molecule has 40 heavy (non-hydrogen) atoms. The normalized spacial score (nSPS) is 15.4. The molecule has 1 amide bonds. The molecule has 9 nitrogen and oxygen atoms in total. The highest BCUT2D eigenvalue weighted by atomic mass is 32.2. The van der Waals surface area contributed by atoms with Crippen molar-refractivity contribution in [1.29, 1.82) is 0 Å². The number of esters is 1. The summed E-state index contributed by atoms with van der Waals surface area (Å²) in [5.41, 5.74) is -1.39. The van der Waals surface area contributed by atoms with E-state index in [2.05, 4.69) is 20.6 Å². The van der Waals surface area contributed by atoms with Crippen LogP contribution in [0.15, 0.2) is 36.8 Å². The number of nitrogens with zero attached hydrogens (tertiary/aromatic N) is 2. The fourth-order valence-corrected chi connectivity index (χ4v) is 5.73. The average molecular weight is 601 g/mol. The van der Waals surface area contributed by atoms with Gasteiger partial charge in [-0.25, -0.2) is 23.2 Å². The van der Waals surface area contributed by atoms with Gasteiger partial charge in [0.05, 0.1) is 17.7 Å². The molecule has 0 unspecified atom stereocenters. The van der Waals surface area contributed by atoms with Crippen LogP contribution in [0.1, 0.15) is 60.1 Å². The van der Waals surface area contributed by atoms with Gasteiger partial charge in [-0.1, -0.05) is 37.2 Å². The lowest BCUT2D eigenvalue weighted by molar-refractivity contribution is -0.143. The lowest BCUT2D eigenvalue weighted by Gasteiger charge is -2.43. The molecule has 1 aromatic carbocycles. The molecule has 3 rings (SSSR count). The third-order valence-electron chi connectivity index (χ3n) is 6.88. The van der Waals surface area contributed by atoms with Crippen molar-refractivity contribution in [2.45, 2.75) is 57.2 Å². The molecule has 1 fully saturated rings. The molecule has 1 heterocycles. The van der Waals surface area contributed by atoms with E-state index in [-0.39, 0.29) is 23.3 Å². The van der Waals surface area contributed by atoms with E-state index < -0.39 is 45.2 Å². The first-order chi connectivity index (χ1) is 18.7. The van der Waals surface area contributed by atoms with Crippen molar-refractivity contribution in [3.63, 3.8) is 0 Å². The quantitative estimate of drug-likeness (QED) is 0.210. The number of methoxy groups -OCH3 is 1. The summed E-state index contributed by atoms with van der Waals surface area (Å²) >= 11 is 5.70. The molecule has 14 heteroatoms. The van der Waals surface area contributed by atoms with E-state index in [9.17, 15) is 31.2 Å². The molecule has 1 aliphatic carbocycles. The van der Waals surface area contributed by atoms with E-state index in [1.54, 1.807) is 12.1 Å². The number of carbonyl (C=O) groups is 2. The van der Waals surface area contributed by atoms with E-state index in [1.807, 2.05) is 0 Å². The molecular formula is C26H31F3N4O5S2. The van der Waals surface area contributed by atoms with Crippen LogP contribution in [-0.2, 0) is 32.0 Å². The number of benzene rings is 1. The fraction of sp³-hybridized carbons (Fsp3) is 0.500. The van der Waals surface area contributed by atoms with Crippen LogP contribution in [-0.4, -0.2) is 60.4 Å². The van der Waals surface area contributed by atoms with Crippen molar-refractivity contribution in [2.75, 3.05) is 24.4 Å². The van der Waals surface area contributed by atoms with Gasteiger partial charge in [-0.15, -0.1) is 0 Å². The SMILES string of the molecule is COC(=O)[C@H](Cc1ccc(NC(=O)c2cncnc2C(F)(F)F)cc1)NC(=S)C1(CCCCS(C)(=O)=O)CCC1. The Balaban J connectivity index is 1.64. The minimum absolute atomic E-state index is 0.118. The van der Waals surface area contributed by atoms with E-state index in [0.717, 1.165) is 38.2 Å². The molecule has 0 spiro atoms. The maximum absolute atomic E-state index is 13.2. The Morgan fingerprint density at radius 3 is 2.40 bits per heavy atom. The van der Waals surface area contributed by atoms with Crippen molar-refractivity contribution in [2.24, 2.45) is 5.41 Å². The van der Waals surface area contributed by atoms with Crippen molar-refractivity contribution in [1.82, 2.24) is 15.3 Å². The summed E-state index contributed by atoms with van der Waals surface area (Å²) in [7, 11) is -1.77. The number of thiocarbonyl (C=S) groups is 1. The van der Waals surface area contributed by atoms with Crippen LogP contribution in [0.3, 0.4) is 0 Å². The molecule has 0 saturated heterocycles. The van der Waals surface area contributed by atoms with Crippen LogP contribution >= 0.6 is 12.2 Å². The van der Waals surface area contributed by atoms with Gasteiger partial charge in [-0.2, -0.15) is 13.2 Å². The molecule has 1 atom stereocenters. The number of halogens is 3. The monoisotopic (exact) mass is 600 g/mol. The highest BCUT2D eigenvalue weighted by Gasteiger charge is 2.42. The summed E-state index contributed by atoms with van der Waals surface area (Å²) in [5.74, 6) is -1.41. The number of rotatable bonds is 12. The molecule has 0 aliphatic heterocycles. The summed E-state index contributed by atoms with van der Waals surface area (Å²) in [6.45, 7) is 0. The van der Waals surface area contributed by atoms with Crippen LogP contribution < -0.4 is 10.6 Å². The number of alkyl halides is 3. The van der Waals surface area contributed by atoms with E-state index >= 15 is 0 Å². The van der Waals surface area contributed by atoms with Gasteiger partial charge in [0.25, 0.3) is 5.91 Å². The summed E-state index contributed by atoms with van der Waals surface area (Å²) in [5, 5.41) is 5.55. The molecular weight excluding hydrogens is 569 g/mol. The zero-order valence-corrected chi connectivity index (χ0v) is 23.7. The third-order valence-corrected chi connectivity index (χ3v) is 8.46. The molecule has 1 aliphatic rings. The van der Waals surface area contributed by atoms with Gasteiger partial charge in [0, 0.05) is 35.7 Å². The summed E-state index contributed by atoms with van der Waals surface area (Å²) in [4.78, 5) is 32.3. The smallest absolute Gasteiger partial charge is 0.434 e. The Morgan fingerprint density at radius 2 is 1.85 bits per heavy atom. The van der Waals surface area contributed by atoms with Crippen molar-refractivity contribution < 1.29 is 35.9 Å². The summed E-state index contributed by atoms with van der Waals surface area (Å²) in [6, 6.07) is 5.49. The van der Waals surface area contributed by atoms with Gasteiger partial charge in [0.2, 0.25) is 0 Å². The number of amides is 1. The number of nitrogens with one attached hydrogen (secondary N) is 2. The van der Waals surface area contributed by atoms with Crippen LogP contribution in [0, 0.1) is 5.41 Å². The van der Waals surface area contributed by atoms with Gasteiger partial charge in [0.1, 0.15) is 22.2 Å². The standard InChI is InChI=1S/C26H31F3N4O5S2/c1-38-23(35)20(33-24(39)25(11-5-12-25)10-3-4-13-40(2,36)37)14-17-6-8-18(9-7-17)32-22(34)19-15-30-16-31-21(19)26(27,28)29/h6-9,15-16,20H,3-5,10-14H2,1-2H3,(H,32,34)(H,33,39)/t20-/m0/s1. The first-order valence-corrected chi connectivity index (χ1v) is 15.0. The summed E-state index contributed by atoms with van der Waals surface area (Å²) < 4.78 is 67.4. The molecule has 1 aromatic heterocycles. The first-order valence-electron chi connectivity index (χ1n) is 12.6. The Labute approximate surface area is 236 Å². The number of anilines is 1. The van der Waals surface area contributed by atoms with Gasteiger partial charge in [-0.05, 0) is 43.4 Å². The van der Waals surface area contributed by atoms with Crippen LogP contribution in [0.4, 0.5) is 18.9 Å². The number of unbranched alkanes of at least 4 members (excludes halogenated alkanes) is 1. The van der Waals surface area contributed by atoms with Crippen LogP contribution in [0.2, 0.25) is 0 Å². The van der Waals surface area contributed by atoms with E-state index in [0.29, 0.717) is 23.4 Å². The predicted octanol–water partition coefficient (Wildman–Crippen LogP) is 4.13. The summed E-state index contributed by atoms with van der Waals surface area (Å²) in [6.07, 6.45) is 2.77. The fourth-order valence-electron chi connectivity index (χ4n) is 4.55. The lowest BCUT2D eigenvalue weighted by atomic mass is 9.65. The van der Waals surface area contributed by atoms with Crippen molar-refractivity contribution in [3.05, 3.63) is 53.6 Å². The van der Waals surface area contributed by atoms with Crippen LogP contribution in [0.5, 0.6) is 0 Å². The molecule has 1 saturated carbocycles. The second kappa shape index (κ2) is 13.0. The van der Waals surface area contributed by atoms with E-state index in [4.69, 9.17) is 17.0 Å². The maximum Gasteiger partial charge on any atom is 0.434 e. The Hall–Kier alpha value is -3.13. The second-order valence-electron chi connectivity index (χ2n) is 9.91. The molecule has 2 aromatic rings. The van der Waals surface area contributed by atoms with Gasteiger partial charge < -0.3 is 15.4 Å². The number of carbonyl (C=O) groups excluding carboxylic acids is 2. The third kappa shape index (κ3) is 8.43. The first kappa shape index (κ1) is 31.4. The van der Waals surface area contributed by atoms with Gasteiger partial charge in [0.15, 0.2) is 5.69 Å². The average Bonchev–Trinajstić information content (AvgIpc) is 2.86. The maximum atomic E-state index is 13.2. The molecule has 2 N–H and O–H groups in total. The Morgan fingerprint density at radius 1 is 1.18 bits per heavy atom. The Bertz CT molecular complexity index is 1330. The highest BCUT2D eigenvalue weighted by molar-refractivity contribution is 7.90. The number of hydrogen-bond acceptors (Lipinski definition) is 8. The number of sulfone groups is 1. The van der Waals surface area contributed by atoms with Gasteiger partial charge >= 0.3 is 12.1 Å². The number of ether oxygens (including phenoxy) is 1.